The number of para-hydroxylation sites is 1. The second kappa shape index (κ2) is 4.81. The molecule has 4 nitrogen and oxygen atoms in total. The molecule has 2 N–H and O–H groups in total. The average Bonchev–Trinajstić information content (AvgIpc) is 2.77. The van der Waals surface area contributed by atoms with Crippen molar-refractivity contribution in [1.82, 2.24) is 4.98 Å². The number of hydrogen-bond donors (Lipinski definition) is 1. The monoisotopic (exact) mass is 218 g/mol. The normalized spacial score (nSPS) is 10.4. The molecule has 1 aromatic heterocycles. The van der Waals surface area contributed by atoms with Crippen LogP contribution in [0.5, 0.6) is 5.75 Å². The van der Waals surface area contributed by atoms with E-state index in [4.69, 9.17) is 14.9 Å². The van der Waals surface area contributed by atoms with Crippen LogP contribution in [0.4, 0.5) is 0 Å². The maximum Gasteiger partial charge on any atom is 0.207 e. The van der Waals surface area contributed by atoms with Crippen LogP contribution in [0.3, 0.4) is 0 Å². The van der Waals surface area contributed by atoms with Crippen molar-refractivity contribution in [1.29, 1.82) is 0 Å². The van der Waals surface area contributed by atoms with E-state index in [9.17, 15) is 0 Å². The van der Waals surface area contributed by atoms with Crippen LogP contribution in [0.15, 0.2) is 34.9 Å². The summed E-state index contributed by atoms with van der Waals surface area (Å²) in [4.78, 5) is 4.25. The van der Waals surface area contributed by atoms with Gasteiger partial charge in [0.25, 0.3) is 0 Å². The Morgan fingerprint density at radius 2 is 2.19 bits per heavy atom. The lowest BCUT2D eigenvalue weighted by atomic mass is 10.1. The first kappa shape index (κ1) is 10.7. The van der Waals surface area contributed by atoms with Crippen molar-refractivity contribution >= 4 is 0 Å². The summed E-state index contributed by atoms with van der Waals surface area (Å²) in [7, 11) is 1.66. The number of hydrogen-bond acceptors (Lipinski definition) is 4. The largest absolute Gasteiger partial charge is 0.496 e. The fourth-order valence-corrected chi connectivity index (χ4v) is 1.57. The number of methoxy groups -OCH3 is 1. The first-order valence-corrected chi connectivity index (χ1v) is 5.08. The summed E-state index contributed by atoms with van der Waals surface area (Å²) in [6.45, 7) is 0.325. The number of ether oxygens (including phenoxy) is 1. The summed E-state index contributed by atoms with van der Waals surface area (Å²) >= 11 is 0. The maximum atomic E-state index is 5.43. The lowest BCUT2D eigenvalue weighted by molar-refractivity contribution is 0.410. The minimum absolute atomic E-state index is 0.325. The van der Waals surface area contributed by atoms with Crippen LogP contribution in [-0.4, -0.2) is 12.1 Å². The molecule has 84 valence electrons. The molecule has 0 bridgehead atoms. The van der Waals surface area contributed by atoms with Gasteiger partial charge >= 0.3 is 0 Å². The summed E-state index contributed by atoms with van der Waals surface area (Å²) in [6.07, 6.45) is 2.32. The van der Waals surface area contributed by atoms with E-state index in [-0.39, 0.29) is 0 Å². The van der Waals surface area contributed by atoms with Crippen LogP contribution in [0.25, 0.3) is 0 Å². The van der Waals surface area contributed by atoms with Crippen molar-refractivity contribution < 1.29 is 9.15 Å². The van der Waals surface area contributed by atoms with Gasteiger partial charge in [0.05, 0.1) is 19.3 Å². The molecule has 0 spiro atoms. The molecule has 0 saturated heterocycles. The Bertz CT molecular complexity index is 466. The van der Waals surface area contributed by atoms with Crippen LogP contribution >= 0.6 is 0 Å². The molecule has 1 heterocycles. The quantitative estimate of drug-likeness (QED) is 0.849. The zero-order valence-electron chi connectivity index (χ0n) is 9.14. The van der Waals surface area contributed by atoms with Gasteiger partial charge in [-0.1, -0.05) is 18.2 Å². The molecule has 2 rings (SSSR count). The zero-order chi connectivity index (χ0) is 11.4. The summed E-state index contributed by atoms with van der Waals surface area (Å²) in [5, 5.41) is 0. The van der Waals surface area contributed by atoms with E-state index >= 15 is 0 Å². The summed E-state index contributed by atoms with van der Waals surface area (Å²) < 4.78 is 10.5. The molecule has 2 aromatic rings. The van der Waals surface area contributed by atoms with Crippen molar-refractivity contribution in [2.75, 3.05) is 7.11 Å². The molecule has 0 unspecified atom stereocenters. The van der Waals surface area contributed by atoms with Gasteiger partial charge in [-0.2, -0.15) is 0 Å². The molecule has 0 aliphatic rings. The minimum Gasteiger partial charge on any atom is -0.496 e. The van der Waals surface area contributed by atoms with Gasteiger partial charge in [0, 0.05) is 12.0 Å². The first-order valence-electron chi connectivity index (χ1n) is 5.08. The van der Waals surface area contributed by atoms with Gasteiger partial charge in [0.1, 0.15) is 12.0 Å². The fraction of sp³-hybridized carbons (Fsp3) is 0.250. The third kappa shape index (κ3) is 2.23. The van der Waals surface area contributed by atoms with E-state index in [0.29, 0.717) is 18.9 Å². The first-order chi connectivity index (χ1) is 7.83. The van der Waals surface area contributed by atoms with Crippen molar-refractivity contribution in [2.45, 2.75) is 13.0 Å². The second-order valence-corrected chi connectivity index (χ2v) is 3.43. The third-order valence-electron chi connectivity index (χ3n) is 2.34. The van der Waals surface area contributed by atoms with E-state index in [2.05, 4.69) is 4.98 Å². The van der Waals surface area contributed by atoms with E-state index < -0.39 is 0 Å². The molecule has 0 fully saturated rings. The Labute approximate surface area is 94.1 Å². The standard InChI is InChI=1S/C12H14N2O2/c1-15-11-5-3-2-4-9(11)6-10-8-16-12(7-13)14-10/h2-5,8H,6-7,13H2,1H3. The third-order valence-corrected chi connectivity index (χ3v) is 2.34. The number of oxazole rings is 1. The number of aromatic nitrogens is 1. The molecule has 0 radical (unpaired) electrons. The highest BCUT2D eigenvalue weighted by Crippen LogP contribution is 2.20. The van der Waals surface area contributed by atoms with Crippen molar-refractivity contribution in [3.8, 4) is 5.75 Å². The highest BCUT2D eigenvalue weighted by Gasteiger charge is 2.06. The van der Waals surface area contributed by atoms with Crippen LogP contribution in [0, 0.1) is 0 Å². The Hall–Kier alpha value is -1.81. The van der Waals surface area contributed by atoms with E-state index in [0.717, 1.165) is 17.0 Å². The summed E-state index contributed by atoms with van der Waals surface area (Å²) in [5.74, 6) is 1.42. The van der Waals surface area contributed by atoms with Crippen molar-refractivity contribution in [3.05, 3.63) is 47.7 Å². The number of rotatable bonds is 4. The molecule has 0 amide bonds. The highest BCUT2D eigenvalue weighted by atomic mass is 16.5. The number of nitrogens with two attached hydrogens (primary N) is 1. The second-order valence-electron chi connectivity index (χ2n) is 3.43. The molecule has 16 heavy (non-hydrogen) atoms. The molecule has 0 aliphatic heterocycles. The van der Waals surface area contributed by atoms with E-state index in [1.807, 2.05) is 24.3 Å². The molecule has 1 aromatic carbocycles. The lowest BCUT2D eigenvalue weighted by Crippen LogP contribution is -1.97. The molecule has 0 atom stereocenters. The van der Waals surface area contributed by atoms with Gasteiger partial charge in [-0.05, 0) is 6.07 Å². The van der Waals surface area contributed by atoms with Crippen LogP contribution in [0.2, 0.25) is 0 Å². The smallest absolute Gasteiger partial charge is 0.207 e. The van der Waals surface area contributed by atoms with Gasteiger partial charge in [0.15, 0.2) is 0 Å². The average molecular weight is 218 g/mol. The molecule has 0 aliphatic carbocycles. The van der Waals surface area contributed by atoms with E-state index in [1.54, 1.807) is 13.4 Å². The SMILES string of the molecule is COc1ccccc1Cc1coc(CN)n1. The minimum atomic E-state index is 0.325. The topological polar surface area (TPSA) is 61.3 Å². The predicted octanol–water partition coefficient (Wildman–Crippen LogP) is 1.73. The van der Waals surface area contributed by atoms with Gasteiger partial charge in [-0.3, -0.25) is 0 Å². The predicted molar refractivity (Wildman–Crippen MR) is 60.2 cm³/mol. The van der Waals surface area contributed by atoms with Gasteiger partial charge in [0.2, 0.25) is 5.89 Å². The molecule has 0 saturated carbocycles. The van der Waals surface area contributed by atoms with Crippen LogP contribution < -0.4 is 10.5 Å². The summed E-state index contributed by atoms with van der Waals surface area (Å²) in [6, 6.07) is 7.85. The maximum absolute atomic E-state index is 5.43. The van der Waals surface area contributed by atoms with Crippen LogP contribution in [-0.2, 0) is 13.0 Å². The van der Waals surface area contributed by atoms with Crippen LogP contribution in [0.1, 0.15) is 17.1 Å². The number of benzene rings is 1. The van der Waals surface area contributed by atoms with Crippen molar-refractivity contribution in [3.63, 3.8) is 0 Å². The Kier molecular flexibility index (Phi) is 3.22. The Morgan fingerprint density at radius 1 is 1.38 bits per heavy atom. The molecule has 4 heteroatoms. The number of nitrogens with zero attached hydrogens (tertiary/aromatic N) is 1. The summed E-state index contributed by atoms with van der Waals surface area (Å²) in [5.41, 5.74) is 7.38. The Morgan fingerprint density at radius 3 is 2.88 bits per heavy atom. The fourth-order valence-electron chi connectivity index (χ4n) is 1.57. The van der Waals surface area contributed by atoms with Crippen molar-refractivity contribution in [2.24, 2.45) is 5.73 Å². The van der Waals surface area contributed by atoms with Gasteiger partial charge in [-0.25, -0.2) is 4.98 Å². The molecular formula is C12H14N2O2. The zero-order valence-corrected chi connectivity index (χ0v) is 9.14. The lowest BCUT2D eigenvalue weighted by Gasteiger charge is -2.05. The van der Waals surface area contributed by atoms with Gasteiger partial charge in [-0.15, -0.1) is 0 Å². The molecular weight excluding hydrogens is 204 g/mol. The van der Waals surface area contributed by atoms with Gasteiger partial charge < -0.3 is 14.9 Å². The van der Waals surface area contributed by atoms with E-state index in [1.165, 1.54) is 0 Å². The Balaban J connectivity index is 2.19. The highest BCUT2D eigenvalue weighted by molar-refractivity contribution is 5.35.